The van der Waals surface area contributed by atoms with Gasteiger partial charge < -0.3 is 5.32 Å². The number of nitrogens with zero attached hydrogens (tertiary/aromatic N) is 4. The van der Waals surface area contributed by atoms with E-state index in [0.717, 1.165) is 55.5 Å². The van der Waals surface area contributed by atoms with Crippen LogP contribution in [0.15, 0.2) is 47.5 Å². The van der Waals surface area contributed by atoms with Crippen LogP contribution in [-0.2, 0) is 17.8 Å². The molecule has 9 heteroatoms. The number of amides is 1. The van der Waals surface area contributed by atoms with Crippen molar-refractivity contribution in [1.82, 2.24) is 19.3 Å². The molecule has 210 valence electrons. The molecule has 4 heterocycles. The number of fused-ring (bicyclic) bond motifs is 1. The molecule has 0 bridgehead atoms. The molecule has 1 amide bonds. The van der Waals surface area contributed by atoms with Crippen LogP contribution in [0.1, 0.15) is 72.5 Å². The summed E-state index contributed by atoms with van der Waals surface area (Å²) in [5, 5.41) is 7.50. The van der Waals surface area contributed by atoms with Gasteiger partial charge in [0.2, 0.25) is 5.91 Å². The minimum absolute atomic E-state index is 0.119. The molecule has 7 nitrogen and oxygen atoms in total. The minimum atomic E-state index is -0.559. The molecule has 4 aromatic rings. The molecule has 3 aliphatic rings. The highest BCUT2D eigenvalue weighted by Gasteiger charge is 2.45. The van der Waals surface area contributed by atoms with E-state index in [0.29, 0.717) is 17.3 Å². The molecule has 1 unspecified atom stereocenters. The van der Waals surface area contributed by atoms with Crippen LogP contribution in [0.25, 0.3) is 16.9 Å². The Morgan fingerprint density at radius 3 is 2.71 bits per heavy atom. The lowest BCUT2D eigenvalue weighted by atomic mass is 10.0. The first-order valence-corrected chi connectivity index (χ1v) is 14.6. The van der Waals surface area contributed by atoms with Crippen LogP contribution in [-0.4, -0.2) is 25.2 Å². The second-order valence-electron chi connectivity index (χ2n) is 12.1. The fourth-order valence-electron chi connectivity index (χ4n) is 6.20. The van der Waals surface area contributed by atoms with Crippen LogP contribution in [0.4, 0.5) is 10.1 Å². The Kier molecular flexibility index (Phi) is 5.98. The summed E-state index contributed by atoms with van der Waals surface area (Å²) in [5.41, 5.74) is 5.57. The zero-order chi connectivity index (χ0) is 28.6. The number of hydrogen-bond acceptors (Lipinski definition) is 4. The summed E-state index contributed by atoms with van der Waals surface area (Å²) >= 11 is 6.77. The molecule has 2 atom stereocenters. The Morgan fingerprint density at radius 1 is 1.15 bits per heavy atom. The summed E-state index contributed by atoms with van der Waals surface area (Å²) in [6.07, 6.45) is 8.33. The van der Waals surface area contributed by atoms with Crippen LogP contribution in [0.5, 0.6) is 0 Å². The van der Waals surface area contributed by atoms with Gasteiger partial charge in [0.15, 0.2) is 5.82 Å². The fraction of sp³-hybridized carbons (Fsp3) is 0.375. The molecule has 41 heavy (non-hydrogen) atoms. The highest BCUT2D eigenvalue weighted by molar-refractivity contribution is 6.31. The Hall–Kier alpha value is -3.78. The second-order valence-corrected chi connectivity index (χ2v) is 12.4. The standard InChI is InChI=1S/C32H31ClFN5O2/c1-17-15-35-25(19-6-4-7-24(29(19)34)37-31(41)32(3)9-10-32)14-27(17)39-18(2)12-22(28(33)30(39)40)20-13-21(20)23-16-36-38-11-5-8-26(23)38/h4,6-7,12,14-16,20-21H,5,8-11,13H2,1-3H3,(H,37,41)/t20-,21?/m1/s1. The number of carbonyl (C=O) groups is 1. The summed E-state index contributed by atoms with van der Waals surface area (Å²) in [7, 11) is 0. The Balaban J connectivity index is 1.22. The number of benzene rings is 1. The summed E-state index contributed by atoms with van der Waals surface area (Å²) in [6.45, 7) is 6.60. The lowest BCUT2D eigenvalue weighted by Gasteiger charge is -2.17. The molecule has 1 aliphatic heterocycles. The maximum absolute atomic E-state index is 15.6. The van der Waals surface area contributed by atoms with Gasteiger partial charge >= 0.3 is 0 Å². The molecule has 0 radical (unpaired) electrons. The highest BCUT2D eigenvalue weighted by atomic mass is 35.5. The van der Waals surface area contributed by atoms with E-state index in [-0.39, 0.29) is 33.7 Å². The van der Waals surface area contributed by atoms with Gasteiger partial charge in [0.25, 0.3) is 5.56 Å². The number of pyridine rings is 2. The molecular weight excluding hydrogens is 541 g/mol. The first-order chi connectivity index (χ1) is 19.7. The number of nitrogens with one attached hydrogen (secondary N) is 1. The van der Waals surface area contributed by atoms with Crippen molar-refractivity contribution in [2.45, 2.75) is 71.3 Å². The topological polar surface area (TPSA) is 81.8 Å². The Morgan fingerprint density at radius 2 is 1.93 bits per heavy atom. The lowest BCUT2D eigenvalue weighted by Crippen LogP contribution is -2.23. The average Bonchev–Trinajstić information content (AvgIpc) is 3.80. The maximum atomic E-state index is 15.6. The van der Waals surface area contributed by atoms with Gasteiger partial charge in [0.05, 0.1) is 23.3 Å². The van der Waals surface area contributed by atoms with Crippen molar-refractivity contribution in [3.05, 3.63) is 92.0 Å². The molecule has 2 saturated carbocycles. The molecule has 2 fully saturated rings. The van der Waals surface area contributed by atoms with E-state index in [1.807, 2.05) is 33.0 Å². The third-order valence-electron chi connectivity index (χ3n) is 9.10. The van der Waals surface area contributed by atoms with Crippen molar-refractivity contribution in [2.75, 3.05) is 5.32 Å². The predicted octanol–water partition coefficient (Wildman–Crippen LogP) is 6.46. The summed E-state index contributed by atoms with van der Waals surface area (Å²) in [5.74, 6) is -0.219. The number of aryl methyl sites for hydroxylation is 3. The minimum Gasteiger partial charge on any atom is -0.323 e. The predicted molar refractivity (Wildman–Crippen MR) is 156 cm³/mol. The van der Waals surface area contributed by atoms with Crippen molar-refractivity contribution < 1.29 is 9.18 Å². The van der Waals surface area contributed by atoms with Crippen LogP contribution in [0, 0.1) is 25.1 Å². The zero-order valence-corrected chi connectivity index (χ0v) is 24.1. The third kappa shape index (κ3) is 4.31. The highest BCUT2D eigenvalue weighted by Crippen LogP contribution is 2.57. The molecular formula is C32H31ClFN5O2. The number of rotatable bonds is 6. The van der Waals surface area contributed by atoms with Crippen LogP contribution < -0.4 is 10.9 Å². The first kappa shape index (κ1) is 26.1. The monoisotopic (exact) mass is 571 g/mol. The molecule has 1 N–H and O–H groups in total. The normalized spacial score (nSPS) is 20.1. The quantitative estimate of drug-likeness (QED) is 0.288. The van der Waals surface area contributed by atoms with Gasteiger partial charge in [-0.2, -0.15) is 5.10 Å². The molecule has 2 aliphatic carbocycles. The Labute approximate surface area is 242 Å². The smallest absolute Gasteiger partial charge is 0.274 e. The van der Waals surface area contributed by atoms with E-state index in [4.69, 9.17) is 11.6 Å². The summed E-state index contributed by atoms with van der Waals surface area (Å²) < 4.78 is 19.3. The van der Waals surface area contributed by atoms with Gasteiger partial charge in [0.1, 0.15) is 5.02 Å². The zero-order valence-electron chi connectivity index (χ0n) is 23.3. The first-order valence-electron chi connectivity index (χ1n) is 14.2. The molecule has 1 aromatic carbocycles. The maximum Gasteiger partial charge on any atom is 0.274 e. The van der Waals surface area contributed by atoms with Crippen molar-refractivity contribution in [3.8, 4) is 16.9 Å². The van der Waals surface area contributed by atoms with Gasteiger partial charge in [-0.1, -0.05) is 24.6 Å². The summed E-state index contributed by atoms with van der Waals surface area (Å²) in [6, 6.07) is 8.58. The van der Waals surface area contributed by atoms with E-state index in [1.165, 1.54) is 11.3 Å². The molecule has 0 spiro atoms. The number of anilines is 1. The van der Waals surface area contributed by atoms with Crippen molar-refractivity contribution in [2.24, 2.45) is 5.41 Å². The van der Waals surface area contributed by atoms with Crippen LogP contribution in [0.2, 0.25) is 5.02 Å². The Bertz CT molecular complexity index is 1800. The van der Waals surface area contributed by atoms with Gasteiger partial charge in [-0.05, 0) is 98.7 Å². The van der Waals surface area contributed by atoms with Gasteiger partial charge in [-0.25, -0.2) is 4.39 Å². The number of aromatic nitrogens is 4. The number of halogens is 2. The number of carbonyl (C=O) groups excluding carboxylic acids is 1. The molecule has 0 saturated heterocycles. The van der Waals surface area contributed by atoms with Crippen molar-refractivity contribution in [3.63, 3.8) is 0 Å². The van der Waals surface area contributed by atoms with Gasteiger partial charge in [0, 0.05) is 35.1 Å². The molecule has 7 rings (SSSR count). The van der Waals surface area contributed by atoms with E-state index < -0.39 is 11.2 Å². The van der Waals surface area contributed by atoms with E-state index in [2.05, 4.69) is 20.1 Å². The SMILES string of the molecule is Cc1cnc(-c2cccc(NC(=O)C3(C)CC3)c2F)cc1-n1c(C)cc([C@@H]2CC2c2cnn3c2CCC3)c(Cl)c1=O. The fourth-order valence-corrected chi connectivity index (χ4v) is 6.48. The average molecular weight is 572 g/mol. The molecule has 3 aromatic heterocycles. The van der Waals surface area contributed by atoms with E-state index in [1.54, 1.807) is 35.0 Å². The van der Waals surface area contributed by atoms with Crippen LogP contribution in [0.3, 0.4) is 0 Å². The number of hydrogen-bond donors (Lipinski definition) is 1. The summed E-state index contributed by atoms with van der Waals surface area (Å²) in [4.78, 5) is 30.8. The van der Waals surface area contributed by atoms with Crippen LogP contribution >= 0.6 is 11.6 Å². The van der Waals surface area contributed by atoms with Gasteiger partial charge in [-0.3, -0.25) is 23.8 Å². The largest absolute Gasteiger partial charge is 0.323 e. The van der Waals surface area contributed by atoms with E-state index in [9.17, 15) is 9.59 Å². The van der Waals surface area contributed by atoms with Gasteiger partial charge in [-0.15, -0.1) is 0 Å². The van der Waals surface area contributed by atoms with Crippen molar-refractivity contribution >= 4 is 23.2 Å². The van der Waals surface area contributed by atoms with Crippen molar-refractivity contribution in [1.29, 1.82) is 0 Å². The van der Waals surface area contributed by atoms with E-state index >= 15 is 4.39 Å². The second kappa shape index (κ2) is 9.38. The third-order valence-corrected chi connectivity index (χ3v) is 9.48. The lowest BCUT2D eigenvalue weighted by molar-refractivity contribution is -0.120.